The maximum Gasteiger partial charge on any atom is 0.0835 e. The van der Waals surface area contributed by atoms with Crippen LogP contribution in [-0.2, 0) is 0 Å². The second-order valence-corrected chi connectivity index (χ2v) is 4.73. The van der Waals surface area contributed by atoms with Gasteiger partial charge in [-0.3, -0.25) is 9.97 Å². The fraction of sp³-hybridized carbons (Fsp3) is 0.286. The molecular weight excluding hydrogens is 246 g/mol. The highest BCUT2D eigenvalue weighted by molar-refractivity contribution is 6.33. The van der Waals surface area contributed by atoms with Crippen molar-refractivity contribution in [2.45, 2.75) is 26.8 Å². The van der Waals surface area contributed by atoms with Crippen LogP contribution in [0.1, 0.15) is 29.9 Å². The van der Waals surface area contributed by atoms with E-state index in [1.807, 2.05) is 32.0 Å². The summed E-state index contributed by atoms with van der Waals surface area (Å²) in [6, 6.07) is 5.93. The molecule has 1 atom stereocenters. The van der Waals surface area contributed by atoms with E-state index in [0.29, 0.717) is 0 Å². The van der Waals surface area contributed by atoms with E-state index in [0.717, 1.165) is 27.7 Å². The van der Waals surface area contributed by atoms with Crippen LogP contribution in [0.3, 0.4) is 0 Å². The zero-order valence-electron chi connectivity index (χ0n) is 10.7. The predicted octanol–water partition coefficient (Wildman–Crippen LogP) is 3.92. The Morgan fingerprint density at radius 2 is 1.89 bits per heavy atom. The molecule has 0 saturated carbocycles. The van der Waals surface area contributed by atoms with Gasteiger partial charge in [-0.05, 0) is 32.4 Å². The monoisotopic (exact) mass is 261 g/mol. The number of nitrogens with one attached hydrogen (secondary N) is 1. The van der Waals surface area contributed by atoms with Crippen molar-refractivity contribution in [2.24, 2.45) is 0 Å². The summed E-state index contributed by atoms with van der Waals surface area (Å²) in [4.78, 5) is 8.62. The molecule has 1 aromatic carbocycles. The molecule has 0 saturated heterocycles. The summed E-state index contributed by atoms with van der Waals surface area (Å²) in [6.45, 7) is 6.05. The summed E-state index contributed by atoms with van der Waals surface area (Å²) >= 11 is 6.20. The minimum atomic E-state index is 0.0669. The average molecular weight is 262 g/mol. The Morgan fingerprint density at radius 1 is 1.17 bits per heavy atom. The van der Waals surface area contributed by atoms with E-state index in [1.54, 1.807) is 12.4 Å². The van der Waals surface area contributed by atoms with Crippen molar-refractivity contribution in [3.05, 3.63) is 52.6 Å². The van der Waals surface area contributed by atoms with Gasteiger partial charge in [0.2, 0.25) is 0 Å². The van der Waals surface area contributed by atoms with Crippen molar-refractivity contribution in [2.75, 3.05) is 5.32 Å². The second-order valence-electron chi connectivity index (χ2n) is 4.32. The summed E-state index contributed by atoms with van der Waals surface area (Å²) in [5.74, 6) is 0. The molecule has 0 aliphatic carbocycles. The molecule has 1 N–H and O–H groups in total. The number of halogens is 1. The molecule has 1 unspecified atom stereocenters. The Balaban J connectivity index is 2.27. The number of hydrogen-bond donors (Lipinski definition) is 1. The van der Waals surface area contributed by atoms with E-state index in [2.05, 4.69) is 22.2 Å². The van der Waals surface area contributed by atoms with Crippen molar-refractivity contribution in [1.29, 1.82) is 0 Å². The lowest BCUT2D eigenvalue weighted by molar-refractivity contribution is 0.809. The number of aromatic nitrogens is 2. The van der Waals surface area contributed by atoms with Crippen LogP contribution in [0.5, 0.6) is 0 Å². The van der Waals surface area contributed by atoms with E-state index in [1.165, 1.54) is 0 Å². The second kappa shape index (κ2) is 5.36. The van der Waals surface area contributed by atoms with Gasteiger partial charge < -0.3 is 5.32 Å². The van der Waals surface area contributed by atoms with Gasteiger partial charge in [0.15, 0.2) is 0 Å². The SMILES string of the molecule is Cc1cccc(Cl)c1NC(C)c1nccnc1C. The first-order valence-corrected chi connectivity index (χ1v) is 6.26. The third kappa shape index (κ3) is 2.62. The van der Waals surface area contributed by atoms with Crippen molar-refractivity contribution < 1.29 is 0 Å². The van der Waals surface area contributed by atoms with Crippen molar-refractivity contribution in [3.8, 4) is 0 Å². The standard InChI is InChI=1S/C14H16ClN3/c1-9-5-4-6-12(15)13(9)18-11(3)14-10(2)16-7-8-17-14/h4-8,11,18H,1-3H3. The summed E-state index contributed by atoms with van der Waals surface area (Å²) in [5.41, 5.74) is 3.95. The molecule has 0 radical (unpaired) electrons. The smallest absolute Gasteiger partial charge is 0.0835 e. The van der Waals surface area contributed by atoms with Crippen LogP contribution in [0.4, 0.5) is 5.69 Å². The zero-order chi connectivity index (χ0) is 13.1. The number of anilines is 1. The van der Waals surface area contributed by atoms with Crippen molar-refractivity contribution >= 4 is 17.3 Å². The molecule has 0 spiro atoms. The van der Waals surface area contributed by atoms with Crippen LogP contribution in [0.15, 0.2) is 30.6 Å². The average Bonchev–Trinajstić information content (AvgIpc) is 2.34. The van der Waals surface area contributed by atoms with Gasteiger partial charge >= 0.3 is 0 Å². The number of rotatable bonds is 3. The highest BCUT2D eigenvalue weighted by Crippen LogP contribution is 2.29. The molecule has 0 fully saturated rings. The van der Waals surface area contributed by atoms with E-state index in [9.17, 15) is 0 Å². The van der Waals surface area contributed by atoms with Gasteiger partial charge in [0.05, 0.1) is 28.1 Å². The number of para-hydroxylation sites is 1. The quantitative estimate of drug-likeness (QED) is 0.910. The van der Waals surface area contributed by atoms with Gasteiger partial charge in [-0.25, -0.2) is 0 Å². The van der Waals surface area contributed by atoms with Gasteiger partial charge in [0, 0.05) is 12.4 Å². The molecule has 0 bridgehead atoms. The maximum atomic E-state index is 6.20. The van der Waals surface area contributed by atoms with E-state index in [4.69, 9.17) is 11.6 Å². The van der Waals surface area contributed by atoms with Crippen molar-refractivity contribution in [1.82, 2.24) is 9.97 Å². The molecule has 2 rings (SSSR count). The highest BCUT2D eigenvalue weighted by Gasteiger charge is 2.13. The lowest BCUT2D eigenvalue weighted by Crippen LogP contribution is -2.12. The minimum absolute atomic E-state index is 0.0669. The minimum Gasteiger partial charge on any atom is -0.375 e. The molecule has 0 aliphatic heterocycles. The van der Waals surface area contributed by atoms with Gasteiger partial charge in [0.25, 0.3) is 0 Å². The van der Waals surface area contributed by atoms with Gasteiger partial charge in [0.1, 0.15) is 0 Å². The normalized spacial score (nSPS) is 12.2. The Hall–Kier alpha value is -1.61. The topological polar surface area (TPSA) is 37.8 Å². The first kappa shape index (κ1) is 12.8. The van der Waals surface area contributed by atoms with Crippen LogP contribution in [0.2, 0.25) is 5.02 Å². The molecule has 18 heavy (non-hydrogen) atoms. The first-order valence-electron chi connectivity index (χ1n) is 5.88. The molecule has 1 aromatic heterocycles. The summed E-state index contributed by atoms with van der Waals surface area (Å²) < 4.78 is 0. The fourth-order valence-electron chi connectivity index (χ4n) is 1.94. The lowest BCUT2D eigenvalue weighted by Gasteiger charge is -2.18. The van der Waals surface area contributed by atoms with Crippen LogP contribution in [0, 0.1) is 13.8 Å². The molecule has 94 valence electrons. The van der Waals surface area contributed by atoms with Crippen LogP contribution in [-0.4, -0.2) is 9.97 Å². The number of aryl methyl sites for hydroxylation is 2. The zero-order valence-corrected chi connectivity index (χ0v) is 11.5. The number of nitrogens with zero attached hydrogens (tertiary/aromatic N) is 2. The molecule has 3 nitrogen and oxygen atoms in total. The van der Waals surface area contributed by atoms with Gasteiger partial charge in [-0.1, -0.05) is 23.7 Å². The fourth-order valence-corrected chi connectivity index (χ4v) is 2.22. The van der Waals surface area contributed by atoms with E-state index in [-0.39, 0.29) is 6.04 Å². The third-order valence-electron chi connectivity index (χ3n) is 2.91. The molecular formula is C14H16ClN3. The van der Waals surface area contributed by atoms with Crippen LogP contribution in [0.25, 0.3) is 0 Å². The summed E-state index contributed by atoms with van der Waals surface area (Å²) in [6.07, 6.45) is 3.41. The molecule has 0 aliphatic rings. The Labute approximate surface area is 112 Å². The molecule has 1 heterocycles. The van der Waals surface area contributed by atoms with Crippen LogP contribution >= 0.6 is 11.6 Å². The first-order chi connectivity index (χ1) is 8.59. The maximum absolute atomic E-state index is 6.20. The van der Waals surface area contributed by atoms with Gasteiger partial charge in [-0.2, -0.15) is 0 Å². The molecule has 2 aromatic rings. The van der Waals surface area contributed by atoms with Gasteiger partial charge in [-0.15, -0.1) is 0 Å². The predicted molar refractivity (Wildman–Crippen MR) is 75.0 cm³/mol. The number of benzene rings is 1. The van der Waals surface area contributed by atoms with E-state index >= 15 is 0 Å². The lowest BCUT2D eigenvalue weighted by atomic mass is 10.1. The largest absolute Gasteiger partial charge is 0.375 e. The van der Waals surface area contributed by atoms with Crippen molar-refractivity contribution in [3.63, 3.8) is 0 Å². The van der Waals surface area contributed by atoms with E-state index < -0.39 is 0 Å². The summed E-state index contributed by atoms with van der Waals surface area (Å²) in [7, 11) is 0. The Morgan fingerprint density at radius 3 is 2.56 bits per heavy atom. The highest BCUT2D eigenvalue weighted by atomic mass is 35.5. The van der Waals surface area contributed by atoms with Crippen LogP contribution < -0.4 is 5.32 Å². The Bertz CT molecular complexity index is 534. The molecule has 0 amide bonds. The molecule has 4 heteroatoms. The number of hydrogen-bond acceptors (Lipinski definition) is 3. The summed E-state index contributed by atoms with van der Waals surface area (Å²) in [5, 5.41) is 4.13. The Kier molecular flexibility index (Phi) is 3.82. The third-order valence-corrected chi connectivity index (χ3v) is 3.23.